The number of benzene rings is 1. The average molecular weight is 351 g/mol. The summed E-state index contributed by atoms with van der Waals surface area (Å²) in [7, 11) is 0. The Balaban J connectivity index is 1.42. The van der Waals surface area contributed by atoms with Crippen LogP contribution >= 0.6 is 0 Å². The number of piperidine rings is 1. The fourth-order valence-corrected chi connectivity index (χ4v) is 2.95. The van der Waals surface area contributed by atoms with E-state index in [9.17, 15) is 19.3 Å². The van der Waals surface area contributed by atoms with Crippen LogP contribution in [0, 0.1) is 21.8 Å². The molecule has 2 aliphatic rings. The molecule has 1 saturated carbocycles. The van der Waals surface area contributed by atoms with Gasteiger partial charge in [0.25, 0.3) is 5.91 Å². The third-order valence-corrected chi connectivity index (χ3v) is 4.72. The molecule has 0 radical (unpaired) electrons. The van der Waals surface area contributed by atoms with Gasteiger partial charge in [0, 0.05) is 31.3 Å². The highest BCUT2D eigenvalue weighted by Crippen LogP contribution is 2.28. The third-order valence-electron chi connectivity index (χ3n) is 4.72. The molecule has 1 aliphatic carbocycles. The number of likely N-dealkylation sites (tertiary alicyclic amines) is 1. The molecule has 3 rings (SSSR count). The Bertz CT molecular complexity index is 643. The quantitative estimate of drug-likeness (QED) is 0.601. The molecule has 1 aliphatic heterocycles. The summed E-state index contributed by atoms with van der Waals surface area (Å²) in [6.45, 7) is 2.24. The molecule has 1 aromatic carbocycles. The molecule has 136 valence electrons. The second kappa shape index (κ2) is 7.77. The summed E-state index contributed by atoms with van der Waals surface area (Å²) in [5.74, 6) is -0.176. The summed E-state index contributed by atoms with van der Waals surface area (Å²) in [5.41, 5.74) is -0.612. The van der Waals surface area contributed by atoms with Crippen LogP contribution in [0.4, 0.5) is 10.1 Å². The molecular formula is C17H22FN3O4. The van der Waals surface area contributed by atoms with E-state index in [1.165, 1.54) is 18.9 Å². The summed E-state index contributed by atoms with van der Waals surface area (Å²) in [4.78, 5) is 23.7. The maximum absolute atomic E-state index is 13.5. The van der Waals surface area contributed by atoms with E-state index in [0.29, 0.717) is 19.1 Å². The lowest BCUT2D eigenvalue weighted by Crippen LogP contribution is -2.46. The van der Waals surface area contributed by atoms with Crippen molar-refractivity contribution in [3.63, 3.8) is 0 Å². The van der Waals surface area contributed by atoms with Crippen molar-refractivity contribution in [3.05, 3.63) is 34.1 Å². The van der Waals surface area contributed by atoms with Crippen LogP contribution in [-0.2, 0) is 4.79 Å². The standard InChI is InChI=1S/C17H22FN3O4/c18-15-9-14(3-4-16(15)21(23)24)25-11-17(22)20-7-5-13(6-8-20)19-10-12-1-2-12/h3-4,9,12-13,19H,1-2,5-8,10-11H2. The molecule has 0 bridgehead atoms. The van der Waals surface area contributed by atoms with Gasteiger partial charge in [-0.2, -0.15) is 4.39 Å². The van der Waals surface area contributed by atoms with Gasteiger partial charge in [-0.15, -0.1) is 0 Å². The van der Waals surface area contributed by atoms with Crippen molar-refractivity contribution >= 4 is 11.6 Å². The summed E-state index contributed by atoms with van der Waals surface area (Å²) in [6, 6.07) is 3.73. The zero-order valence-corrected chi connectivity index (χ0v) is 13.9. The van der Waals surface area contributed by atoms with Crippen LogP contribution in [0.25, 0.3) is 0 Å². The van der Waals surface area contributed by atoms with Crippen molar-refractivity contribution in [2.75, 3.05) is 26.2 Å². The lowest BCUT2D eigenvalue weighted by molar-refractivity contribution is -0.387. The number of hydrogen-bond donors (Lipinski definition) is 1. The molecule has 0 unspecified atom stereocenters. The van der Waals surface area contributed by atoms with Gasteiger partial charge >= 0.3 is 5.69 Å². The Kier molecular flexibility index (Phi) is 5.47. The van der Waals surface area contributed by atoms with Gasteiger partial charge in [0.05, 0.1) is 4.92 Å². The van der Waals surface area contributed by atoms with Gasteiger partial charge in [0.2, 0.25) is 5.82 Å². The van der Waals surface area contributed by atoms with E-state index < -0.39 is 16.4 Å². The van der Waals surface area contributed by atoms with E-state index in [-0.39, 0.29) is 18.3 Å². The Morgan fingerprint density at radius 2 is 2.04 bits per heavy atom. The van der Waals surface area contributed by atoms with Gasteiger partial charge in [0.15, 0.2) is 6.61 Å². The molecule has 1 aromatic rings. The van der Waals surface area contributed by atoms with E-state index in [0.717, 1.165) is 37.4 Å². The fourth-order valence-electron chi connectivity index (χ4n) is 2.95. The molecule has 0 aromatic heterocycles. The maximum Gasteiger partial charge on any atom is 0.305 e. The number of carbonyl (C=O) groups excluding carboxylic acids is 1. The van der Waals surface area contributed by atoms with Gasteiger partial charge in [-0.1, -0.05) is 0 Å². The predicted molar refractivity (Wildman–Crippen MR) is 88.9 cm³/mol. The van der Waals surface area contributed by atoms with Crippen molar-refractivity contribution in [1.29, 1.82) is 0 Å². The van der Waals surface area contributed by atoms with E-state index in [2.05, 4.69) is 5.32 Å². The monoisotopic (exact) mass is 351 g/mol. The summed E-state index contributed by atoms with van der Waals surface area (Å²) in [5, 5.41) is 14.1. The number of nitro benzene ring substituents is 1. The minimum Gasteiger partial charge on any atom is -0.484 e. The second-order valence-electron chi connectivity index (χ2n) is 6.67. The first-order valence-electron chi connectivity index (χ1n) is 8.61. The molecule has 1 N–H and O–H groups in total. The van der Waals surface area contributed by atoms with Crippen LogP contribution < -0.4 is 10.1 Å². The minimum atomic E-state index is -0.975. The number of nitro groups is 1. The minimum absolute atomic E-state index is 0.109. The molecule has 1 saturated heterocycles. The number of nitrogens with one attached hydrogen (secondary N) is 1. The lowest BCUT2D eigenvalue weighted by atomic mass is 10.0. The number of carbonyl (C=O) groups is 1. The van der Waals surface area contributed by atoms with Crippen molar-refractivity contribution < 1.29 is 18.8 Å². The largest absolute Gasteiger partial charge is 0.484 e. The van der Waals surface area contributed by atoms with Crippen LogP contribution in [0.1, 0.15) is 25.7 Å². The number of amides is 1. The fraction of sp³-hybridized carbons (Fsp3) is 0.588. The van der Waals surface area contributed by atoms with Crippen LogP contribution in [0.5, 0.6) is 5.75 Å². The average Bonchev–Trinajstić information content (AvgIpc) is 3.42. The van der Waals surface area contributed by atoms with Crippen molar-refractivity contribution in [2.24, 2.45) is 5.92 Å². The summed E-state index contributed by atoms with van der Waals surface area (Å²) in [6.07, 6.45) is 4.49. The SMILES string of the molecule is O=C(COc1ccc([N+](=O)[O-])c(F)c1)N1CCC(NCC2CC2)CC1. The Labute approximate surface area is 145 Å². The molecule has 7 nitrogen and oxygen atoms in total. The van der Waals surface area contributed by atoms with Gasteiger partial charge in [0.1, 0.15) is 5.75 Å². The zero-order chi connectivity index (χ0) is 17.8. The highest BCUT2D eigenvalue weighted by Gasteiger charge is 2.26. The lowest BCUT2D eigenvalue weighted by Gasteiger charge is -2.32. The molecule has 0 spiro atoms. The number of ether oxygens (including phenoxy) is 1. The Morgan fingerprint density at radius 1 is 1.32 bits per heavy atom. The molecular weight excluding hydrogens is 329 g/mol. The normalized spacial score (nSPS) is 18.2. The van der Waals surface area contributed by atoms with Gasteiger partial charge in [-0.25, -0.2) is 0 Å². The van der Waals surface area contributed by atoms with Crippen LogP contribution in [0.3, 0.4) is 0 Å². The van der Waals surface area contributed by atoms with Gasteiger partial charge in [-0.05, 0) is 44.2 Å². The smallest absolute Gasteiger partial charge is 0.305 e. The van der Waals surface area contributed by atoms with E-state index in [1.807, 2.05) is 0 Å². The van der Waals surface area contributed by atoms with Crippen LogP contribution in [0.15, 0.2) is 18.2 Å². The van der Waals surface area contributed by atoms with Crippen molar-refractivity contribution in [2.45, 2.75) is 31.7 Å². The van der Waals surface area contributed by atoms with E-state index in [1.54, 1.807) is 4.90 Å². The summed E-state index contributed by atoms with van der Waals surface area (Å²) >= 11 is 0. The van der Waals surface area contributed by atoms with E-state index in [4.69, 9.17) is 4.74 Å². The topological polar surface area (TPSA) is 84.7 Å². The molecule has 1 amide bonds. The first kappa shape index (κ1) is 17.6. The van der Waals surface area contributed by atoms with Crippen molar-refractivity contribution in [3.8, 4) is 5.75 Å². The maximum atomic E-state index is 13.5. The highest BCUT2D eigenvalue weighted by atomic mass is 19.1. The highest BCUT2D eigenvalue weighted by molar-refractivity contribution is 5.77. The molecule has 1 heterocycles. The predicted octanol–water partition coefficient (Wildman–Crippen LogP) is 2.10. The van der Waals surface area contributed by atoms with Gasteiger partial charge in [-0.3, -0.25) is 14.9 Å². The second-order valence-corrected chi connectivity index (χ2v) is 6.67. The summed E-state index contributed by atoms with van der Waals surface area (Å²) < 4.78 is 18.8. The van der Waals surface area contributed by atoms with Crippen molar-refractivity contribution in [1.82, 2.24) is 10.2 Å². The van der Waals surface area contributed by atoms with E-state index >= 15 is 0 Å². The Morgan fingerprint density at radius 3 is 2.64 bits per heavy atom. The first-order valence-corrected chi connectivity index (χ1v) is 8.61. The van der Waals surface area contributed by atoms with Crippen LogP contribution in [-0.4, -0.2) is 48.0 Å². The molecule has 8 heteroatoms. The number of nitrogens with zero attached hydrogens (tertiary/aromatic N) is 2. The number of rotatable bonds is 7. The molecule has 2 fully saturated rings. The zero-order valence-electron chi connectivity index (χ0n) is 13.9. The first-order chi connectivity index (χ1) is 12.0. The third kappa shape index (κ3) is 4.88. The molecule has 25 heavy (non-hydrogen) atoms. The van der Waals surface area contributed by atoms with Gasteiger partial charge < -0.3 is 15.0 Å². The number of hydrogen-bond acceptors (Lipinski definition) is 5. The Hall–Kier alpha value is -2.22. The van der Waals surface area contributed by atoms with Crippen LogP contribution in [0.2, 0.25) is 0 Å². The number of halogens is 1. The molecule has 0 atom stereocenters.